The molecule has 33 heavy (non-hydrogen) atoms. The van der Waals surface area contributed by atoms with Gasteiger partial charge in [0.25, 0.3) is 11.8 Å². The van der Waals surface area contributed by atoms with Crippen molar-refractivity contribution in [3.05, 3.63) is 82.9 Å². The average Bonchev–Trinajstić information content (AvgIpc) is 2.75. The van der Waals surface area contributed by atoms with Crippen LogP contribution in [-0.2, 0) is 14.6 Å². The van der Waals surface area contributed by atoms with E-state index in [4.69, 9.17) is 16.3 Å². The lowest BCUT2D eigenvalue weighted by atomic mass is 10.2. The van der Waals surface area contributed by atoms with Crippen molar-refractivity contribution in [1.29, 1.82) is 0 Å². The lowest BCUT2D eigenvalue weighted by Gasteiger charge is -2.16. The van der Waals surface area contributed by atoms with Crippen molar-refractivity contribution in [2.75, 3.05) is 16.9 Å². The molecule has 2 N–H and O–H groups in total. The SMILES string of the molecule is Cc1cccc(OC(C)C(=O)Nc2ccc(NC(=O)c3cccc(S(C)(=O)=O)c3)c(Cl)c2)c1. The Morgan fingerprint density at radius 2 is 1.70 bits per heavy atom. The molecule has 7 nitrogen and oxygen atoms in total. The van der Waals surface area contributed by atoms with Crippen LogP contribution in [0.15, 0.2) is 71.6 Å². The van der Waals surface area contributed by atoms with Crippen LogP contribution in [0.2, 0.25) is 5.02 Å². The van der Waals surface area contributed by atoms with E-state index in [0.29, 0.717) is 17.1 Å². The molecule has 0 saturated carbocycles. The van der Waals surface area contributed by atoms with Crippen molar-refractivity contribution in [3.8, 4) is 5.75 Å². The normalized spacial score (nSPS) is 12.0. The van der Waals surface area contributed by atoms with Gasteiger partial charge in [-0.1, -0.05) is 29.8 Å². The van der Waals surface area contributed by atoms with Crippen LogP contribution in [0.5, 0.6) is 5.75 Å². The maximum atomic E-state index is 12.5. The number of anilines is 2. The van der Waals surface area contributed by atoms with Crippen molar-refractivity contribution in [3.63, 3.8) is 0 Å². The molecule has 0 radical (unpaired) electrons. The summed E-state index contributed by atoms with van der Waals surface area (Å²) >= 11 is 6.28. The number of carbonyl (C=O) groups excluding carboxylic acids is 2. The highest BCUT2D eigenvalue weighted by Gasteiger charge is 2.17. The molecule has 1 unspecified atom stereocenters. The molecule has 0 spiro atoms. The molecule has 2 amide bonds. The summed E-state index contributed by atoms with van der Waals surface area (Å²) in [5, 5.41) is 5.57. The number of benzene rings is 3. The summed E-state index contributed by atoms with van der Waals surface area (Å²) in [5.41, 5.74) is 1.94. The molecule has 0 heterocycles. The van der Waals surface area contributed by atoms with E-state index in [9.17, 15) is 18.0 Å². The Bertz CT molecular complexity index is 1310. The summed E-state index contributed by atoms with van der Waals surface area (Å²) in [4.78, 5) is 25.1. The Balaban J connectivity index is 1.66. The van der Waals surface area contributed by atoms with Crippen molar-refractivity contribution in [1.82, 2.24) is 0 Å². The molecule has 0 aliphatic rings. The molecule has 1 atom stereocenters. The maximum absolute atomic E-state index is 12.5. The average molecular weight is 487 g/mol. The van der Waals surface area contributed by atoms with Crippen LogP contribution in [0.25, 0.3) is 0 Å². The number of halogens is 1. The summed E-state index contributed by atoms with van der Waals surface area (Å²) in [6, 6.07) is 17.7. The summed E-state index contributed by atoms with van der Waals surface area (Å²) in [6.45, 7) is 3.57. The summed E-state index contributed by atoms with van der Waals surface area (Å²) in [5.74, 6) is -0.282. The molecule has 172 valence electrons. The fraction of sp³-hybridized carbons (Fsp3) is 0.167. The second-order valence-electron chi connectivity index (χ2n) is 7.51. The number of hydrogen-bond donors (Lipinski definition) is 2. The third kappa shape index (κ3) is 6.57. The Morgan fingerprint density at radius 1 is 0.970 bits per heavy atom. The Kier molecular flexibility index (Phi) is 7.40. The van der Waals surface area contributed by atoms with Gasteiger partial charge in [0.2, 0.25) is 0 Å². The quantitative estimate of drug-likeness (QED) is 0.503. The monoisotopic (exact) mass is 486 g/mol. The zero-order chi connectivity index (χ0) is 24.2. The van der Waals surface area contributed by atoms with E-state index in [2.05, 4.69) is 10.6 Å². The molecular weight excluding hydrogens is 464 g/mol. The minimum Gasteiger partial charge on any atom is -0.481 e. The predicted octanol–water partition coefficient (Wildman–Crippen LogP) is 4.71. The second-order valence-corrected chi connectivity index (χ2v) is 9.94. The van der Waals surface area contributed by atoms with Crippen molar-refractivity contribution < 1.29 is 22.7 Å². The molecule has 9 heteroatoms. The highest BCUT2D eigenvalue weighted by atomic mass is 35.5. The number of hydrogen-bond acceptors (Lipinski definition) is 5. The molecule has 0 bridgehead atoms. The van der Waals surface area contributed by atoms with Gasteiger partial charge in [-0.25, -0.2) is 8.42 Å². The third-order valence-corrected chi connectivity index (χ3v) is 6.10. The molecule has 0 aliphatic carbocycles. The van der Waals surface area contributed by atoms with Gasteiger partial charge in [0.15, 0.2) is 15.9 Å². The van der Waals surface area contributed by atoms with Gasteiger partial charge in [0, 0.05) is 17.5 Å². The molecule has 3 aromatic carbocycles. The fourth-order valence-electron chi connectivity index (χ4n) is 2.95. The zero-order valence-corrected chi connectivity index (χ0v) is 19.8. The van der Waals surface area contributed by atoms with Gasteiger partial charge in [-0.3, -0.25) is 9.59 Å². The standard InChI is InChI=1S/C24H23ClN2O5S/c1-15-6-4-8-19(12-15)32-16(2)23(28)26-18-10-11-22(21(25)14-18)27-24(29)17-7-5-9-20(13-17)33(3,30)31/h4-14,16H,1-3H3,(H,26,28)(H,27,29). The van der Waals surface area contributed by atoms with Crippen molar-refractivity contribution in [2.24, 2.45) is 0 Å². The van der Waals surface area contributed by atoms with Crippen LogP contribution in [0.1, 0.15) is 22.8 Å². The Hall–Kier alpha value is -3.36. The van der Waals surface area contributed by atoms with E-state index in [1.54, 1.807) is 25.1 Å². The number of aryl methyl sites for hydroxylation is 1. The summed E-state index contributed by atoms with van der Waals surface area (Å²) < 4.78 is 29.1. The number of nitrogens with one attached hydrogen (secondary N) is 2. The van der Waals surface area contributed by atoms with Crippen LogP contribution < -0.4 is 15.4 Å². The maximum Gasteiger partial charge on any atom is 0.265 e. The number of rotatable bonds is 7. The van der Waals surface area contributed by atoms with Crippen LogP contribution in [-0.4, -0.2) is 32.6 Å². The van der Waals surface area contributed by atoms with Gasteiger partial charge < -0.3 is 15.4 Å². The van der Waals surface area contributed by atoms with Crippen LogP contribution >= 0.6 is 11.6 Å². The van der Waals surface area contributed by atoms with E-state index in [1.165, 1.54) is 30.3 Å². The zero-order valence-electron chi connectivity index (χ0n) is 18.3. The first-order chi connectivity index (χ1) is 15.5. The Morgan fingerprint density at radius 3 is 2.36 bits per heavy atom. The molecule has 0 aliphatic heterocycles. The van der Waals surface area contributed by atoms with Gasteiger partial charge in [-0.05, 0) is 67.9 Å². The number of ether oxygens (including phenoxy) is 1. The summed E-state index contributed by atoms with van der Waals surface area (Å²) in [6.07, 6.45) is 0.327. The minimum absolute atomic E-state index is 0.0429. The molecule has 3 aromatic rings. The van der Waals surface area contributed by atoms with E-state index in [1.807, 2.05) is 25.1 Å². The first kappa shape index (κ1) is 24.3. The van der Waals surface area contributed by atoms with Gasteiger partial charge in [-0.2, -0.15) is 0 Å². The number of carbonyl (C=O) groups is 2. The van der Waals surface area contributed by atoms with E-state index < -0.39 is 21.8 Å². The molecule has 3 rings (SSSR count). The van der Waals surface area contributed by atoms with Gasteiger partial charge in [0.1, 0.15) is 5.75 Å². The van der Waals surface area contributed by atoms with Crippen molar-refractivity contribution in [2.45, 2.75) is 24.8 Å². The van der Waals surface area contributed by atoms with Crippen LogP contribution in [0.3, 0.4) is 0 Å². The topological polar surface area (TPSA) is 102 Å². The van der Waals surface area contributed by atoms with E-state index in [0.717, 1.165) is 11.8 Å². The number of amides is 2. The summed E-state index contributed by atoms with van der Waals surface area (Å²) in [7, 11) is -3.44. The molecular formula is C24H23ClN2O5S. The second kappa shape index (κ2) is 10.1. The highest BCUT2D eigenvalue weighted by Crippen LogP contribution is 2.26. The van der Waals surface area contributed by atoms with E-state index in [-0.39, 0.29) is 21.4 Å². The van der Waals surface area contributed by atoms with Crippen LogP contribution in [0.4, 0.5) is 11.4 Å². The lowest BCUT2D eigenvalue weighted by Crippen LogP contribution is -2.30. The third-order valence-electron chi connectivity index (χ3n) is 4.68. The first-order valence-electron chi connectivity index (χ1n) is 9.98. The molecule has 0 fully saturated rings. The Labute approximate surface area is 197 Å². The smallest absolute Gasteiger partial charge is 0.265 e. The van der Waals surface area contributed by atoms with Gasteiger partial charge in [-0.15, -0.1) is 0 Å². The number of sulfone groups is 1. The fourth-order valence-corrected chi connectivity index (χ4v) is 3.84. The molecule has 0 saturated heterocycles. The highest BCUT2D eigenvalue weighted by molar-refractivity contribution is 7.90. The predicted molar refractivity (Wildman–Crippen MR) is 129 cm³/mol. The van der Waals surface area contributed by atoms with Gasteiger partial charge >= 0.3 is 0 Å². The first-order valence-corrected chi connectivity index (χ1v) is 12.2. The van der Waals surface area contributed by atoms with Crippen molar-refractivity contribution >= 4 is 44.6 Å². The molecule has 0 aromatic heterocycles. The largest absolute Gasteiger partial charge is 0.481 e. The van der Waals surface area contributed by atoms with Crippen LogP contribution in [0, 0.1) is 6.92 Å². The lowest BCUT2D eigenvalue weighted by molar-refractivity contribution is -0.122. The van der Waals surface area contributed by atoms with Gasteiger partial charge in [0.05, 0.1) is 15.6 Å². The van der Waals surface area contributed by atoms with E-state index >= 15 is 0 Å². The minimum atomic E-state index is -3.44.